The number of hydrogen-bond acceptors (Lipinski definition) is 3. The number of hydrogen-bond donors (Lipinski definition) is 1. The van der Waals surface area contributed by atoms with E-state index in [0.717, 1.165) is 6.54 Å². The van der Waals surface area contributed by atoms with Gasteiger partial charge in [0.2, 0.25) is 0 Å². The van der Waals surface area contributed by atoms with E-state index in [1.165, 1.54) is 21.0 Å². The molecule has 0 radical (unpaired) electrons. The first kappa shape index (κ1) is 17.0. The number of nitrogens with one attached hydrogen (secondary N) is 1. The van der Waals surface area contributed by atoms with E-state index >= 15 is 0 Å². The fourth-order valence-corrected chi connectivity index (χ4v) is 2.55. The molecule has 2 aromatic carbocycles. The molecule has 0 spiro atoms. The molecule has 108 valence electrons. The minimum Gasteiger partial charge on any atom is -0.384 e. The lowest BCUT2D eigenvalue weighted by Crippen LogP contribution is -1.97. The Morgan fingerprint density at radius 1 is 0.950 bits per heavy atom. The van der Waals surface area contributed by atoms with E-state index in [4.69, 9.17) is 0 Å². The molecule has 0 aliphatic rings. The summed E-state index contributed by atoms with van der Waals surface area (Å²) in [5.41, 5.74) is 2.51. The predicted molar refractivity (Wildman–Crippen MR) is 95.3 cm³/mol. The Labute approximate surface area is 131 Å². The van der Waals surface area contributed by atoms with Crippen molar-refractivity contribution in [2.75, 3.05) is 24.4 Å². The molecular weight excluding hydrogens is 282 g/mol. The molecule has 0 unspecified atom stereocenters. The van der Waals surface area contributed by atoms with E-state index in [1.807, 2.05) is 12.5 Å². The van der Waals surface area contributed by atoms with E-state index in [1.54, 1.807) is 23.5 Å². The fourth-order valence-electron chi connectivity index (χ4n) is 1.63. The summed E-state index contributed by atoms with van der Waals surface area (Å²) in [6.07, 6.45) is 4.08. The van der Waals surface area contributed by atoms with Crippen molar-refractivity contribution in [2.45, 2.75) is 23.6 Å². The van der Waals surface area contributed by atoms with Crippen molar-refractivity contribution in [2.24, 2.45) is 0 Å². The van der Waals surface area contributed by atoms with Crippen molar-refractivity contribution >= 4 is 29.2 Å². The van der Waals surface area contributed by atoms with Crippen molar-refractivity contribution in [3.05, 3.63) is 54.1 Å². The monoisotopic (exact) mass is 305 g/mol. The van der Waals surface area contributed by atoms with Gasteiger partial charge in [0, 0.05) is 22.0 Å². The highest BCUT2D eigenvalue weighted by Crippen LogP contribution is 2.33. The van der Waals surface area contributed by atoms with Gasteiger partial charge in [0.15, 0.2) is 0 Å². The van der Waals surface area contributed by atoms with Crippen LogP contribution in [0.4, 0.5) is 5.69 Å². The van der Waals surface area contributed by atoms with Crippen LogP contribution in [0.5, 0.6) is 0 Å². The van der Waals surface area contributed by atoms with Gasteiger partial charge in [-0.3, -0.25) is 0 Å². The minimum absolute atomic E-state index is 0.950. The summed E-state index contributed by atoms with van der Waals surface area (Å²) in [5, 5.41) is 3.39. The summed E-state index contributed by atoms with van der Waals surface area (Å²) in [7, 11) is 0. The Morgan fingerprint density at radius 3 is 2.15 bits per heavy atom. The van der Waals surface area contributed by atoms with E-state index < -0.39 is 0 Å². The van der Waals surface area contributed by atoms with Gasteiger partial charge in [-0.05, 0) is 50.6 Å². The van der Waals surface area contributed by atoms with Gasteiger partial charge in [0.1, 0.15) is 0 Å². The first-order valence-corrected chi connectivity index (χ1v) is 9.13. The molecule has 1 N–H and O–H groups in total. The molecule has 0 atom stereocenters. The highest BCUT2D eigenvalue weighted by atomic mass is 32.2. The molecule has 0 saturated carbocycles. The topological polar surface area (TPSA) is 12.0 Å². The Balaban J connectivity index is 0.000000612. The van der Waals surface area contributed by atoms with Gasteiger partial charge >= 0.3 is 0 Å². The molecular formula is C17H23NS2. The molecule has 20 heavy (non-hydrogen) atoms. The van der Waals surface area contributed by atoms with Crippen LogP contribution in [0.1, 0.15) is 12.5 Å². The number of aryl methyl sites for hydroxylation is 1. The Morgan fingerprint density at radius 2 is 1.55 bits per heavy atom. The quantitative estimate of drug-likeness (QED) is 0.794. The molecule has 2 aromatic rings. The molecule has 0 heterocycles. The van der Waals surface area contributed by atoms with Gasteiger partial charge in [-0.2, -0.15) is 11.8 Å². The maximum absolute atomic E-state index is 3.39. The predicted octanol–water partition coefficient (Wildman–Crippen LogP) is 5.56. The highest BCUT2D eigenvalue weighted by Gasteiger charge is 2.02. The largest absolute Gasteiger partial charge is 0.384 e. The summed E-state index contributed by atoms with van der Waals surface area (Å²) < 4.78 is 0. The summed E-state index contributed by atoms with van der Waals surface area (Å²) in [5.74, 6) is 0. The number of anilines is 1. The Hall–Kier alpha value is -1.06. The van der Waals surface area contributed by atoms with E-state index in [0.29, 0.717) is 0 Å². The van der Waals surface area contributed by atoms with Crippen LogP contribution in [0.25, 0.3) is 0 Å². The van der Waals surface area contributed by atoms with Gasteiger partial charge in [0.25, 0.3) is 0 Å². The second kappa shape index (κ2) is 9.78. The van der Waals surface area contributed by atoms with Gasteiger partial charge in [-0.25, -0.2) is 0 Å². The number of benzene rings is 2. The second-order valence-corrected chi connectivity index (χ2v) is 6.28. The van der Waals surface area contributed by atoms with Gasteiger partial charge < -0.3 is 5.32 Å². The van der Waals surface area contributed by atoms with Crippen molar-refractivity contribution in [3.63, 3.8) is 0 Å². The first-order valence-electron chi connectivity index (χ1n) is 6.68. The van der Waals surface area contributed by atoms with Crippen LogP contribution in [-0.2, 0) is 0 Å². The van der Waals surface area contributed by atoms with E-state index in [2.05, 4.69) is 67.7 Å². The van der Waals surface area contributed by atoms with Crippen LogP contribution in [0.3, 0.4) is 0 Å². The van der Waals surface area contributed by atoms with Crippen molar-refractivity contribution in [1.82, 2.24) is 0 Å². The SMILES string of the molecule is CCNc1ccccc1Sc1ccc(C)cc1.CSC. The molecule has 0 aliphatic carbocycles. The van der Waals surface area contributed by atoms with E-state index in [9.17, 15) is 0 Å². The molecule has 2 rings (SSSR count). The van der Waals surface area contributed by atoms with Crippen LogP contribution >= 0.6 is 23.5 Å². The van der Waals surface area contributed by atoms with Crippen LogP contribution in [0, 0.1) is 6.92 Å². The van der Waals surface area contributed by atoms with E-state index in [-0.39, 0.29) is 0 Å². The second-order valence-electron chi connectivity index (χ2n) is 4.35. The van der Waals surface area contributed by atoms with Gasteiger partial charge in [0.05, 0.1) is 0 Å². The standard InChI is InChI=1S/C15H17NS.C2H6S/c1-3-16-14-6-4-5-7-15(14)17-13-10-8-12(2)9-11-13;1-3-2/h4-11,16H,3H2,1-2H3;1-2H3. The minimum atomic E-state index is 0.950. The van der Waals surface area contributed by atoms with Crippen LogP contribution in [0.2, 0.25) is 0 Å². The van der Waals surface area contributed by atoms with Crippen molar-refractivity contribution in [1.29, 1.82) is 0 Å². The van der Waals surface area contributed by atoms with Crippen LogP contribution in [0.15, 0.2) is 58.3 Å². The van der Waals surface area contributed by atoms with Crippen LogP contribution in [-0.4, -0.2) is 19.1 Å². The van der Waals surface area contributed by atoms with Gasteiger partial charge in [-0.15, -0.1) is 0 Å². The van der Waals surface area contributed by atoms with Crippen molar-refractivity contribution in [3.8, 4) is 0 Å². The lowest BCUT2D eigenvalue weighted by molar-refractivity contribution is 1.19. The number of rotatable bonds is 4. The molecule has 0 fully saturated rings. The smallest absolute Gasteiger partial charge is 0.0481 e. The van der Waals surface area contributed by atoms with Gasteiger partial charge in [-0.1, -0.05) is 41.6 Å². The normalized spacial score (nSPS) is 9.60. The summed E-state index contributed by atoms with van der Waals surface area (Å²) in [4.78, 5) is 2.55. The Kier molecular flexibility index (Phi) is 8.31. The molecule has 0 aromatic heterocycles. The third-order valence-electron chi connectivity index (χ3n) is 2.50. The first-order chi connectivity index (χ1) is 9.71. The Bertz CT molecular complexity index is 495. The zero-order valence-electron chi connectivity index (χ0n) is 12.6. The molecule has 1 nitrogen and oxygen atoms in total. The maximum Gasteiger partial charge on any atom is 0.0481 e. The molecule has 0 aliphatic heterocycles. The lowest BCUT2D eigenvalue weighted by atomic mass is 10.2. The van der Waals surface area contributed by atoms with Crippen LogP contribution < -0.4 is 5.32 Å². The molecule has 0 bridgehead atoms. The zero-order chi connectivity index (χ0) is 14.8. The average Bonchev–Trinajstić information content (AvgIpc) is 2.45. The molecule has 3 heteroatoms. The highest BCUT2D eigenvalue weighted by molar-refractivity contribution is 7.99. The molecule has 0 amide bonds. The lowest BCUT2D eigenvalue weighted by Gasteiger charge is -2.10. The third kappa shape index (κ3) is 5.93. The average molecular weight is 306 g/mol. The summed E-state index contributed by atoms with van der Waals surface area (Å²) >= 11 is 3.55. The number of thioether (sulfide) groups is 1. The summed E-state index contributed by atoms with van der Waals surface area (Å²) in [6, 6.07) is 17.1. The fraction of sp³-hybridized carbons (Fsp3) is 0.294. The summed E-state index contributed by atoms with van der Waals surface area (Å²) in [6.45, 7) is 5.18. The maximum atomic E-state index is 3.39. The molecule has 0 saturated heterocycles. The number of para-hydroxylation sites is 1. The zero-order valence-corrected chi connectivity index (χ0v) is 14.3. The third-order valence-corrected chi connectivity index (χ3v) is 3.59. The van der Waals surface area contributed by atoms with Crippen molar-refractivity contribution < 1.29 is 0 Å².